The number of hydrogen-bond donors (Lipinski definition) is 2. The largest absolute Gasteiger partial charge is 0.507 e. The van der Waals surface area contributed by atoms with E-state index in [9.17, 15) is 10.2 Å². The second-order valence-electron chi connectivity index (χ2n) is 5.38. The fourth-order valence-electron chi connectivity index (χ4n) is 3.26. The number of benzene rings is 2. The molecule has 94 valence electrons. The lowest BCUT2D eigenvalue weighted by Gasteiger charge is -2.26. The third-order valence-electron chi connectivity index (χ3n) is 4.19. The summed E-state index contributed by atoms with van der Waals surface area (Å²) < 4.78 is 0. The summed E-state index contributed by atoms with van der Waals surface area (Å²) in [6.07, 6.45) is 3.03. The first-order valence-corrected chi connectivity index (χ1v) is 6.57. The summed E-state index contributed by atoms with van der Waals surface area (Å²) in [5.41, 5.74) is 2.92. The van der Waals surface area contributed by atoms with Crippen LogP contribution in [-0.4, -0.2) is 10.2 Å². The third-order valence-corrected chi connectivity index (χ3v) is 4.19. The summed E-state index contributed by atoms with van der Waals surface area (Å²) >= 11 is 0. The van der Waals surface area contributed by atoms with Crippen molar-refractivity contribution in [1.29, 1.82) is 0 Å². The van der Waals surface area contributed by atoms with Crippen LogP contribution < -0.4 is 0 Å². The third kappa shape index (κ3) is 1.41. The van der Waals surface area contributed by atoms with Crippen LogP contribution in [0.5, 0.6) is 11.5 Å². The Labute approximate surface area is 107 Å². The van der Waals surface area contributed by atoms with Crippen molar-refractivity contribution in [3.63, 3.8) is 0 Å². The van der Waals surface area contributed by atoms with E-state index in [0.717, 1.165) is 46.7 Å². The first-order chi connectivity index (χ1) is 8.61. The Morgan fingerprint density at radius 1 is 1.17 bits per heavy atom. The Morgan fingerprint density at radius 3 is 2.72 bits per heavy atom. The zero-order valence-corrected chi connectivity index (χ0v) is 10.8. The standard InChI is InChI=1S/C16H18O2/c1-9-5-3-7-11-13(9)15(17)12-8-4-6-10(2)14(12)16(11)18/h3,5,7,10,17-18H,4,6,8H2,1-2H3. The van der Waals surface area contributed by atoms with Crippen LogP contribution in [0, 0.1) is 6.92 Å². The van der Waals surface area contributed by atoms with E-state index in [1.54, 1.807) is 0 Å². The molecule has 0 radical (unpaired) electrons. The van der Waals surface area contributed by atoms with E-state index < -0.39 is 0 Å². The minimum absolute atomic E-state index is 0.324. The highest BCUT2D eigenvalue weighted by Gasteiger charge is 2.26. The molecular formula is C16H18O2. The Balaban J connectivity index is 2.48. The van der Waals surface area contributed by atoms with E-state index >= 15 is 0 Å². The van der Waals surface area contributed by atoms with Crippen molar-refractivity contribution in [3.05, 3.63) is 34.9 Å². The summed E-state index contributed by atoms with van der Waals surface area (Å²) in [6, 6.07) is 5.79. The van der Waals surface area contributed by atoms with Gasteiger partial charge in [-0.25, -0.2) is 0 Å². The fourth-order valence-corrected chi connectivity index (χ4v) is 3.26. The van der Waals surface area contributed by atoms with Gasteiger partial charge in [0.2, 0.25) is 0 Å². The van der Waals surface area contributed by atoms with Gasteiger partial charge < -0.3 is 10.2 Å². The van der Waals surface area contributed by atoms with Crippen LogP contribution in [0.4, 0.5) is 0 Å². The number of aryl methyl sites for hydroxylation is 1. The van der Waals surface area contributed by atoms with E-state index in [2.05, 4.69) is 6.92 Å². The number of hydrogen-bond acceptors (Lipinski definition) is 2. The van der Waals surface area contributed by atoms with Gasteiger partial charge in [0, 0.05) is 21.9 Å². The minimum Gasteiger partial charge on any atom is -0.507 e. The van der Waals surface area contributed by atoms with Gasteiger partial charge in [0.25, 0.3) is 0 Å². The zero-order chi connectivity index (χ0) is 12.9. The van der Waals surface area contributed by atoms with Crippen molar-refractivity contribution < 1.29 is 10.2 Å². The van der Waals surface area contributed by atoms with E-state index in [0.29, 0.717) is 17.4 Å². The molecule has 0 aliphatic heterocycles. The topological polar surface area (TPSA) is 40.5 Å². The van der Waals surface area contributed by atoms with Crippen molar-refractivity contribution in [2.45, 2.75) is 39.0 Å². The lowest BCUT2D eigenvalue weighted by molar-refractivity contribution is 0.437. The second kappa shape index (κ2) is 3.91. The Hall–Kier alpha value is -1.70. The molecule has 0 heterocycles. The van der Waals surface area contributed by atoms with Gasteiger partial charge in [-0.2, -0.15) is 0 Å². The molecule has 2 aromatic carbocycles. The van der Waals surface area contributed by atoms with Gasteiger partial charge in [-0.1, -0.05) is 25.1 Å². The highest BCUT2D eigenvalue weighted by atomic mass is 16.3. The average molecular weight is 242 g/mol. The summed E-state index contributed by atoms with van der Waals surface area (Å²) in [6.45, 7) is 4.10. The number of phenols is 2. The smallest absolute Gasteiger partial charge is 0.127 e. The predicted octanol–water partition coefficient (Wildman–Crippen LogP) is 4.00. The Kier molecular flexibility index (Phi) is 2.47. The van der Waals surface area contributed by atoms with Crippen molar-refractivity contribution in [2.24, 2.45) is 0 Å². The lowest BCUT2D eigenvalue weighted by atomic mass is 9.80. The molecule has 0 saturated heterocycles. The van der Waals surface area contributed by atoms with Crippen molar-refractivity contribution in [2.75, 3.05) is 0 Å². The molecular weight excluding hydrogens is 224 g/mol. The van der Waals surface area contributed by atoms with Gasteiger partial charge in [0.05, 0.1) is 0 Å². The molecule has 0 fully saturated rings. The molecule has 1 atom stereocenters. The van der Waals surface area contributed by atoms with E-state index in [1.165, 1.54) is 0 Å². The van der Waals surface area contributed by atoms with Crippen LogP contribution in [-0.2, 0) is 6.42 Å². The molecule has 2 heteroatoms. The number of aromatic hydroxyl groups is 2. The molecule has 0 bridgehead atoms. The maximum absolute atomic E-state index is 10.5. The van der Waals surface area contributed by atoms with Crippen molar-refractivity contribution in [1.82, 2.24) is 0 Å². The Bertz CT molecular complexity index is 629. The van der Waals surface area contributed by atoms with Gasteiger partial charge in [-0.3, -0.25) is 0 Å². The molecule has 0 aromatic heterocycles. The first kappa shape index (κ1) is 11.4. The quantitative estimate of drug-likeness (QED) is 0.685. The molecule has 0 amide bonds. The molecule has 18 heavy (non-hydrogen) atoms. The molecule has 2 N–H and O–H groups in total. The fraction of sp³-hybridized carbons (Fsp3) is 0.375. The number of phenolic OH excluding ortho intramolecular Hbond substituents is 2. The summed E-state index contributed by atoms with van der Waals surface area (Å²) in [4.78, 5) is 0. The molecule has 1 aliphatic carbocycles. The molecule has 2 nitrogen and oxygen atoms in total. The summed E-state index contributed by atoms with van der Waals surface area (Å²) in [7, 11) is 0. The van der Waals surface area contributed by atoms with Crippen LogP contribution in [0.25, 0.3) is 10.8 Å². The SMILES string of the molecule is Cc1cccc2c(O)c3c(c(O)c12)CCCC3C. The van der Waals surface area contributed by atoms with Crippen LogP contribution >= 0.6 is 0 Å². The molecule has 2 aromatic rings. The zero-order valence-electron chi connectivity index (χ0n) is 10.8. The van der Waals surface area contributed by atoms with Crippen LogP contribution in [0.2, 0.25) is 0 Å². The molecule has 0 saturated carbocycles. The van der Waals surface area contributed by atoms with Gasteiger partial charge in [-0.15, -0.1) is 0 Å². The second-order valence-corrected chi connectivity index (χ2v) is 5.38. The van der Waals surface area contributed by atoms with Gasteiger partial charge in [-0.05, 0) is 37.7 Å². The van der Waals surface area contributed by atoms with E-state index in [4.69, 9.17) is 0 Å². The molecule has 3 rings (SSSR count). The monoisotopic (exact) mass is 242 g/mol. The Morgan fingerprint density at radius 2 is 1.94 bits per heavy atom. The predicted molar refractivity (Wildman–Crippen MR) is 73.4 cm³/mol. The molecule has 1 aliphatic rings. The number of rotatable bonds is 0. The summed E-state index contributed by atoms with van der Waals surface area (Å²) in [5.74, 6) is 1.07. The lowest BCUT2D eigenvalue weighted by Crippen LogP contribution is -2.08. The minimum atomic E-state index is 0.324. The average Bonchev–Trinajstić information content (AvgIpc) is 2.35. The normalized spacial score (nSPS) is 18.9. The van der Waals surface area contributed by atoms with Gasteiger partial charge in [0.15, 0.2) is 0 Å². The van der Waals surface area contributed by atoms with Crippen molar-refractivity contribution >= 4 is 10.8 Å². The van der Waals surface area contributed by atoms with E-state index in [-0.39, 0.29) is 0 Å². The number of fused-ring (bicyclic) bond motifs is 2. The van der Waals surface area contributed by atoms with Crippen molar-refractivity contribution in [3.8, 4) is 11.5 Å². The maximum atomic E-state index is 10.5. The van der Waals surface area contributed by atoms with Gasteiger partial charge >= 0.3 is 0 Å². The highest BCUT2D eigenvalue weighted by Crippen LogP contribution is 2.47. The summed E-state index contributed by atoms with van der Waals surface area (Å²) in [5, 5.41) is 22.6. The maximum Gasteiger partial charge on any atom is 0.127 e. The molecule has 1 unspecified atom stereocenters. The molecule has 0 spiro atoms. The van der Waals surface area contributed by atoms with Crippen LogP contribution in [0.3, 0.4) is 0 Å². The van der Waals surface area contributed by atoms with E-state index in [1.807, 2.05) is 25.1 Å². The highest BCUT2D eigenvalue weighted by molar-refractivity contribution is 5.98. The first-order valence-electron chi connectivity index (χ1n) is 6.57. The van der Waals surface area contributed by atoms with Crippen LogP contribution in [0.15, 0.2) is 18.2 Å². The van der Waals surface area contributed by atoms with Gasteiger partial charge in [0.1, 0.15) is 11.5 Å². The van der Waals surface area contributed by atoms with Crippen LogP contribution in [0.1, 0.15) is 42.4 Å².